The third-order valence-corrected chi connectivity index (χ3v) is 1.29. The van der Waals surface area contributed by atoms with Crippen molar-refractivity contribution in [3.05, 3.63) is 29.8 Å². The molecule has 0 heterocycles. The lowest BCUT2D eigenvalue weighted by molar-refractivity contribution is -0.120. The number of carbonyl (C=O) groups is 2. The number of ether oxygens (including phenoxy) is 1. The Labute approximate surface area is 68.4 Å². The van der Waals surface area contributed by atoms with Crippen molar-refractivity contribution in [1.82, 2.24) is 0 Å². The van der Waals surface area contributed by atoms with Crippen molar-refractivity contribution in [2.24, 2.45) is 0 Å². The van der Waals surface area contributed by atoms with E-state index in [0.29, 0.717) is 5.75 Å². The van der Waals surface area contributed by atoms with Crippen LogP contribution in [0.4, 0.5) is 0 Å². The highest BCUT2D eigenvalue weighted by atomic mass is 16.5. The maximum atomic E-state index is 10.4. The fraction of sp³-hybridized carbons (Fsp3) is 0. The summed E-state index contributed by atoms with van der Waals surface area (Å²) in [5.74, 6) is -0.678. The average Bonchev–Trinajstić information content (AvgIpc) is 2.06. The van der Waals surface area contributed by atoms with E-state index in [9.17, 15) is 9.59 Å². The van der Waals surface area contributed by atoms with E-state index in [1.165, 1.54) is 24.3 Å². The third-order valence-electron chi connectivity index (χ3n) is 1.29. The molecule has 0 amide bonds. The molecule has 0 aromatic heterocycles. The zero-order valence-corrected chi connectivity index (χ0v) is 6.06. The van der Waals surface area contributed by atoms with E-state index >= 15 is 0 Å². The highest BCUT2D eigenvalue weighted by Crippen LogP contribution is 2.10. The molecule has 0 radical (unpaired) electrons. The molecule has 4 nitrogen and oxygen atoms in total. The lowest BCUT2D eigenvalue weighted by atomic mass is 10.2. The van der Waals surface area contributed by atoms with E-state index in [1.807, 2.05) is 0 Å². The number of rotatable bonds is 3. The summed E-state index contributed by atoms with van der Waals surface area (Å²) in [5, 5.41) is 8.50. The van der Waals surface area contributed by atoms with Crippen LogP contribution in [0.15, 0.2) is 24.3 Å². The van der Waals surface area contributed by atoms with Gasteiger partial charge in [0.2, 0.25) is 0 Å². The van der Waals surface area contributed by atoms with Crippen molar-refractivity contribution in [3.63, 3.8) is 0 Å². The Bertz CT molecular complexity index is 288. The van der Waals surface area contributed by atoms with Gasteiger partial charge in [-0.3, -0.25) is 4.79 Å². The van der Waals surface area contributed by atoms with Gasteiger partial charge in [-0.1, -0.05) is 0 Å². The molecule has 0 atom stereocenters. The first kappa shape index (κ1) is 8.26. The predicted octanol–water partition coefficient (Wildman–Crippen LogP) is 0.920. The first-order valence-electron chi connectivity index (χ1n) is 3.17. The van der Waals surface area contributed by atoms with Crippen molar-refractivity contribution >= 4 is 12.4 Å². The normalized spacial score (nSPS) is 9.00. The van der Waals surface area contributed by atoms with Crippen LogP contribution in [0.1, 0.15) is 10.4 Å². The van der Waals surface area contributed by atoms with Crippen molar-refractivity contribution in [2.45, 2.75) is 0 Å². The van der Waals surface area contributed by atoms with Crippen LogP contribution in [0.2, 0.25) is 0 Å². The first-order chi connectivity index (χ1) is 5.74. The molecule has 0 aliphatic heterocycles. The fourth-order valence-corrected chi connectivity index (χ4v) is 0.732. The zero-order chi connectivity index (χ0) is 8.97. The quantitative estimate of drug-likeness (QED) is 0.678. The van der Waals surface area contributed by atoms with Gasteiger partial charge in [0, 0.05) is 0 Å². The van der Waals surface area contributed by atoms with Crippen LogP contribution >= 0.6 is 0 Å². The lowest BCUT2D eigenvalue weighted by Gasteiger charge is -1.96. The average molecular weight is 166 g/mol. The Balaban J connectivity index is 2.85. The number of aromatic carboxylic acids is 1. The smallest absolute Gasteiger partial charge is 0.335 e. The summed E-state index contributed by atoms with van der Waals surface area (Å²) in [6.07, 6.45) is 0. The highest BCUT2D eigenvalue weighted by Gasteiger charge is 2.00. The molecule has 1 rings (SSSR count). The van der Waals surface area contributed by atoms with Crippen molar-refractivity contribution < 1.29 is 19.4 Å². The summed E-state index contributed by atoms with van der Waals surface area (Å²) in [4.78, 5) is 20.2. The monoisotopic (exact) mass is 166 g/mol. The van der Waals surface area contributed by atoms with Crippen LogP contribution < -0.4 is 4.74 Å². The maximum Gasteiger partial charge on any atom is 0.335 e. The molecule has 4 heteroatoms. The van der Waals surface area contributed by atoms with Crippen LogP contribution in [0.25, 0.3) is 0 Å². The largest absolute Gasteiger partial charge is 0.478 e. The Morgan fingerprint density at radius 3 is 2.33 bits per heavy atom. The summed E-state index contributed by atoms with van der Waals surface area (Å²) in [7, 11) is 0. The molecule has 0 saturated heterocycles. The predicted molar refractivity (Wildman–Crippen MR) is 40.1 cm³/mol. The lowest BCUT2D eigenvalue weighted by Crippen LogP contribution is -1.95. The Morgan fingerprint density at radius 2 is 1.92 bits per heavy atom. The minimum atomic E-state index is -1.01. The second-order valence-corrected chi connectivity index (χ2v) is 2.04. The van der Waals surface area contributed by atoms with Crippen LogP contribution in [-0.4, -0.2) is 17.5 Å². The number of benzene rings is 1. The molecule has 62 valence electrons. The van der Waals surface area contributed by atoms with Crippen molar-refractivity contribution in [2.75, 3.05) is 0 Å². The molecule has 12 heavy (non-hydrogen) atoms. The van der Waals surface area contributed by atoms with E-state index in [2.05, 4.69) is 4.74 Å². The molecule has 0 spiro atoms. The Hall–Kier alpha value is -1.84. The Kier molecular flexibility index (Phi) is 2.42. The maximum absolute atomic E-state index is 10.4. The third kappa shape index (κ3) is 1.82. The van der Waals surface area contributed by atoms with Crippen LogP contribution in [0.5, 0.6) is 5.75 Å². The van der Waals surface area contributed by atoms with Crippen LogP contribution in [-0.2, 0) is 4.79 Å². The number of carboxylic acids is 1. The van der Waals surface area contributed by atoms with Gasteiger partial charge in [0.15, 0.2) is 0 Å². The second kappa shape index (κ2) is 3.52. The molecule has 1 aromatic carbocycles. The van der Waals surface area contributed by atoms with E-state index in [4.69, 9.17) is 5.11 Å². The molecule has 0 fully saturated rings. The summed E-state index contributed by atoms with van der Waals surface area (Å²) in [6.45, 7) is 0.287. The standard InChI is InChI=1S/C8H6O4/c9-5-12-7-3-1-6(2-4-7)8(10)11/h1-5H,(H,10,11). The summed E-state index contributed by atoms with van der Waals surface area (Å²) in [6, 6.07) is 5.55. The van der Waals surface area contributed by atoms with Gasteiger partial charge in [-0.15, -0.1) is 0 Å². The van der Waals surface area contributed by atoms with E-state index in [0.717, 1.165) is 0 Å². The number of hydrogen-bond acceptors (Lipinski definition) is 3. The van der Waals surface area contributed by atoms with Crippen molar-refractivity contribution in [1.29, 1.82) is 0 Å². The van der Waals surface area contributed by atoms with Gasteiger partial charge >= 0.3 is 5.97 Å². The van der Waals surface area contributed by atoms with Gasteiger partial charge in [-0.2, -0.15) is 0 Å². The Morgan fingerprint density at radius 1 is 1.33 bits per heavy atom. The van der Waals surface area contributed by atoms with Gasteiger partial charge in [0.1, 0.15) is 5.75 Å². The SMILES string of the molecule is O=COc1ccc(C(=O)O)cc1. The molecular weight excluding hydrogens is 160 g/mol. The van der Waals surface area contributed by atoms with Crippen LogP contribution in [0.3, 0.4) is 0 Å². The van der Waals surface area contributed by atoms with Gasteiger partial charge in [0.25, 0.3) is 6.47 Å². The number of carbonyl (C=O) groups excluding carboxylic acids is 1. The van der Waals surface area contributed by atoms with Crippen molar-refractivity contribution in [3.8, 4) is 5.75 Å². The minimum absolute atomic E-state index is 0.160. The topological polar surface area (TPSA) is 63.6 Å². The molecule has 0 aliphatic rings. The van der Waals surface area contributed by atoms with E-state index < -0.39 is 5.97 Å². The van der Waals surface area contributed by atoms with Gasteiger partial charge in [-0.05, 0) is 24.3 Å². The number of hydrogen-bond donors (Lipinski definition) is 1. The van der Waals surface area contributed by atoms with Crippen LogP contribution in [0, 0.1) is 0 Å². The summed E-state index contributed by atoms with van der Waals surface area (Å²) < 4.78 is 4.47. The van der Waals surface area contributed by atoms with Gasteiger partial charge in [-0.25, -0.2) is 4.79 Å². The fourth-order valence-electron chi connectivity index (χ4n) is 0.732. The first-order valence-corrected chi connectivity index (χ1v) is 3.17. The molecule has 0 unspecified atom stereocenters. The molecular formula is C8H6O4. The second-order valence-electron chi connectivity index (χ2n) is 2.04. The van der Waals surface area contributed by atoms with E-state index in [-0.39, 0.29) is 12.0 Å². The zero-order valence-electron chi connectivity index (χ0n) is 6.06. The summed E-state index contributed by atoms with van der Waals surface area (Å²) >= 11 is 0. The molecule has 0 saturated carbocycles. The summed E-state index contributed by atoms with van der Waals surface area (Å²) in [5.41, 5.74) is 0.160. The highest BCUT2D eigenvalue weighted by molar-refractivity contribution is 5.87. The molecule has 1 aromatic rings. The molecule has 1 N–H and O–H groups in total. The number of carboxylic acid groups (broad SMARTS) is 1. The van der Waals surface area contributed by atoms with Gasteiger partial charge < -0.3 is 9.84 Å². The van der Waals surface area contributed by atoms with Gasteiger partial charge in [0.05, 0.1) is 5.56 Å². The minimum Gasteiger partial charge on any atom is -0.478 e. The van der Waals surface area contributed by atoms with E-state index in [1.54, 1.807) is 0 Å². The molecule has 0 bridgehead atoms. The molecule has 0 aliphatic carbocycles.